The van der Waals surface area contributed by atoms with Crippen molar-refractivity contribution in [1.82, 2.24) is 9.80 Å². The number of carbonyl (C=O) groups is 2. The molecule has 1 aliphatic carbocycles. The van der Waals surface area contributed by atoms with E-state index in [9.17, 15) is 9.59 Å². The second-order valence-corrected chi connectivity index (χ2v) is 10.4. The standard InChI is InChI=1S/C22H38N2O4/c1-15-11-23(13-21(3,4)27-15)19(25)17-7-9-18(10-8-17)20(26)24-12-16(2)28-22(5,6)14-24/h15-18H,7-14H2,1-6H3/t15-,16-,17?,18?/m1/s1. The van der Waals surface area contributed by atoms with Crippen LogP contribution in [0.5, 0.6) is 0 Å². The first kappa shape index (κ1) is 21.6. The maximum Gasteiger partial charge on any atom is 0.225 e. The normalized spacial score (nSPS) is 35.5. The molecular weight excluding hydrogens is 356 g/mol. The zero-order valence-corrected chi connectivity index (χ0v) is 18.5. The molecule has 3 aliphatic rings. The fraction of sp³-hybridized carbons (Fsp3) is 0.909. The summed E-state index contributed by atoms with van der Waals surface area (Å²) in [7, 11) is 0. The Labute approximate surface area is 169 Å². The van der Waals surface area contributed by atoms with Gasteiger partial charge in [-0.05, 0) is 67.2 Å². The van der Waals surface area contributed by atoms with Crippen molar-refractivity contribution >= 4 is 11.8 Å². The van der Waals surface area contributed by atoms with Gasteiger partial charge in [-0.3, -0.25) is 9.59 Å². The number of morpholine rings is 2. The molecule has 6 heteroatoms. The van der Waals surface area contributed by atoms with Gasteiger partial charge in [0.15, 0.2) is 0 Å². The first-order valence-electron chi connectivity index (χ1n) is 10.9. The minimum absolute atomic E-state index is 0.0465. The molecule has 0 aromatic heterocycles. The van der Waals surface area contributed by atoms with Crippen LogP contribution in [0.2, 0.25) is 0 Å². The van der Waals surface area contributed by atoms with Gasteiger partial charge in [-0.15, -0.1) is 0 Å². The number of amides is 2. The Bertz CT molecular complexity index is 543. The van der Waals surface area contributed by atoms with Gasteiger partial charge in [0, 0.05) is 38.0 Å². The number of hydrogen-bond acceptors (Lipinski definition) is 4. The van der Waals surface area contributed by atoms with E-state index in [0.29, 0.717) is 26.2 Å². The van der Waals surface area contributed by atoms with Gasteiger partial charge in [0.2, 0.25) is 11.8 Å². The Morgan fingerprint density at radius 2 is 1.04 bits per heavy atom. The van der Waals surface area contributed by atoms with Gasteiger partial charge in [0.1, 0.15) is 0 Å². The van der Waals surface area contributed by atoms with Crippen LogP contribution in [0.3, 0.4) is 0 Å². The van der Waals surface area contributed by atoms with Crippen LogP contribution < -0.4 is 0 Å². The molecular formula is C22H38N2O4. The molecule has 2 atom stereocenters. The molecule has 2 saturated heterocycles. The third kappa shape index (κ3) is 5.07. The second-order valence-electron chi connectivity index (χ2n) is 10.4. The van der Waals surface area contributed by atoms with E-state index in [4.69, 9.17) is 9.47 Å². The Morgan fingerprint density at radius 3 is 1.32 bits per heavy atom. The summed E-state index contributed by atoms with van der Waals surface area (Å²) in [6.07, 6.45) is 3.37. The average molecular weight is 395 g/mol. The summed E-state index contributed by atoms with van der Waals surface area (Å²) in [5, 5.41) is 0. The van der Waals surface area contributed by atoms with E-state index < -0.39 is 0 Å². The highest BCUT2D eigenvalue weighted by atomic mass is 16.5. The van der Waals surface area contributed by atoms with Gasteiger partial charge in [0.25, 0.3) is 0 Å². The number of carbonyl (C=O) groups excluding carboxylic acids is 2. The van der Waals surface area contributed by atoms with E-state index in [-0.39, 0.29) is 47.1 Å². The Kier molecular flexibility index (Phi) is 6.12. The first-order valence-corrected chi connectivity index (χ1v) is 10.9. The summed E-state index contributed by atoms with van der Waals surface area (Å²) >= 11 is 0. The van der Waals surface area contributed by atoms with Crippen molar-refractivity contribution in [2.75, 3.05) is 26.2 Å². The van der Waals surface area contributed by atoms with Crippen molar-refractivity contribution in [1.29, 1.82) is 0 Å². The summed E-state index contributed by atoms with van der Waals surface area (Å²) in [6, 6.07) is 0. The number of ether oxygens (including phenoxy) is 2. The highest BCUT2D eigenvalue weighted by Crippen LogP contribution is 2.34. The lowest BCUT2D eigenvalue weighted by Gasteiger charge is -2.44. The first-order chi connectivity index (χ1) is 13.0. The van der Waals surface area contributed by atoms with Gasteiger partial charge in [-0.1, -0.05) is 0 Å². The van der Waals surface area contributed by atoms with Gasteiger partial charge in [-0.25, -0.2) is 0 Å². The molecule has 0 aromatic carbocycles. The predicted octanol–water partition coefficient (Wildman–Crippen LogP) is 2.84. The lowest BCUT2D eigenvalue weighted by molar-refractivity contribution is -0.165. The monoisotopic (exact) mass is 394 g/mol. The molecule has 3 rings (SSSR count). The largest absolute Gasteiger partial charge is 0.369 e. The van der Waals surface area contributed by atoms with Crippen LogP contribution in [0, 0.1) is 11.8 Å². The van der Waals surface area contributed by atoms with E-state index in [1.807, 2.05) is 51.3 Å². The van der Waals surface area contributed by atoms with Crippen molar-refractivity contribution in [2.24, 2.45) is 11.8 Å². The van der Waals surface area contributed by atoms with Crippen LogP contribution in [0.25, 0.3) is 0 Å². The lowest BCUT2D eigenvalue weighted by Crippen LogP contribution is -2.56. The molecule has 28 heavy (non-hydrogen) atoms. The van der Waals surface area contributed by atoms with E-state index in [1.54, 1.807) is 0 Å². The summed E-state index contributed by atoms with van der Waals surface area (Å²) in [5.74, 6) is 0.584. The quantitative estimate of drug-likeness (QED) is 0.723. The third-order valence-electron chi connectivity index (χ3n) is 6.19. The molecule has 2 aliphatic heterocycles. The Hall–Kier alpha value is -1.14. The predicted molar refractivity (Wildman–Crippen MR) is 108 cm³/mol. The summed E-state index contributed by atoms with van der Waals surface area (Å²) in [5.41, 5.74) is -0.583. The molecule has 0 unspecified atom stereocenters. The molecule has 0 spiro atoms. The molecule has 6 nitrogen and oxygen atoms in total. The van der Waals surface area contributed by atoms with Crippen LogP contribution in [0.15, 0.2) is 0 Å². The average Bonchev–Trinajstić information content (AvgIpc) is 2.57. The maximum atomic E-state index is 13.1. The van der Waals surface area contributed by atoms with Crippen molar-refractivity contribution in [3.63, 3.8) is 0 Å². The lowest BCUT2D eigenvalue weighted by atomic mass is 9.80. The zero-order valence-electron chi connectivity index (χ0n) is 18.5. The fourth-order valence-electron chi connectivity index (χ4n) is 5.35. The van der Waals surface area contributed by atoms with Crippen LogP contribution in [-0.4, -0.2) is 71.2 Å². The number of rotatable bonds is 2. The van der Waals surface area contributed by atoms with E-state index >= 15 is 0 Å². The zero-order chi connectivity index (χ0) is 20.7. The summed E-state index contributed by atoms with van der Waals surface area (Å²) < 4.78 is 11.9. The van der Waals surface area contributed by atoms with E-state index in [0.717, 1.165) is 25.7 Å². The molecule has 0 aromatic rings. The molecule has 2 heterocycles. The highest BCUT2D eigenvalue weighted by Gasteiger charge is 2.40. The SMILES string of the molecule is C[C@@H]1CN(C(=O)C2CCC(C(=O)N3C[C@@H](C)OC(C)(C)C3)CC2)CC(C)(C)O1. The maximum absolute atomic E-state index is 13.1. The fourth-order valence-corrected chi connectivity index (χ4v) is 5.35. The topological polar surface area (TPSA) is 59.1 Å². The molecule has 160 valence electrons. The van der Waals surface area contributed by atoms with Crippen molar-refractivity contribution in [3.8, 4) is 0 Å². The molecule has 2 amide bonds. The minimum Gasteiger partial charge on any atom is -0.369 e. The van der Waals surface area contributed by atoms with E-state index in [2.05, 4.69) is 0 Å². The van der Waals surface area contributed by atoms with Crippen LogP contribution in [-0.2, 0) is 19.1 Å². The molecule has 0 N–H and O–H groups in total. The van der Waals surface area contributed by atoms with Gasteiger partial charge >= 0.3 is 0 Å². The minimum atomic E-state index is -0.291. The van der Waals surface area contributed by atoms with Crippen molar-refractivity contribution in [2.45, 2.75) is 90.6 Å². The molecule has 1 saturated carbocycles. The smallest absolute Gasteiger partial charge is 0.225 e. The highest BCUT2D eigenvalue weighted by molar-refractivity contribution is 5.81. The Balaban J connectivity index is 1.54. The van der Waals surface area contributed by atoms with Gasteiger partial charge < -0.3 is 19.3 Å². The second kappa shape index (κ2) is 7.94. The van der Waals surface area contributed by atoms with Crippen LogP contribution in [0.1, 0.15) is 67.2 Å². The molecule has 3 fully saturated rings. The third-order valence-corrected chi connectivity index (χ3v) is 6.19. The summed E-state index contributed by atoms with van der Waals surface area (Å²) in [6.45, 7) is 14.9. The molecule has 0 bridgehead atoms. The number of nitrogens with zero attached hydrogens (tertiary/aromatic N) is 2. The van der Waals surface area contributed by atoms with Crippen LogP contribution in [0.4, 0.5) is 0 Å². The van der Waals surface area contributed by atoms with Gasteiger partial charge in [0.05, 0.1) is 23.4 Å². The van der Waals surface area contributed by atoms with Gasteiger partial charge in [-0.2, -0.15) is 0 Å². The Morgan fingerprint density at radius 1 is 0.714 bits per heavy atom. The summed E-state index contributed by atoms with van der Waals surface area (Å²) in [4.78, 5) is 30.1. The molecule has 0 radical (unpaired) electrons. The van der Waals surface area contributed by atoms with E-state index in [1.165, 1.54) is 0 Å². The van der Waals surface area contributed by atoms with Crippen molar-refractivity contribution < 1.29 is 19.1 Å². The number of hydrogen-bond donors (Lipinski definition) is 0. The van der Waals surface area contributed by atoms with Crippen molar-refractivity contribution in [3.05, 3.63) is 0 Å². The van der Waals surface area contributed by atoms with Crippen LogP contribution >= 0.6 is 0 Å².